The number of rotatable bonds is 6. The molecule has 102 valence electrons. The second-order valence-corrected chi connectivity index (χ2v) is 4.89. The molecular weight excluding hydrogens is 242 g/mol. The summed E-state index contributed by atoms with van der Waals surface area (Å²) in [6.45, 7) is 4.62. The molecule has 0 aliphatic heterocycles. The van der Waals surface area contributed by atoms with Gasteiger partial charge in [-0.2, -0.15) is 4.98 Å². The highest BCUT2D eigenvalue weighted by Gasteiger charge is 2.07. The van der Waals surface area contributed by atoms with Crippen LogP contribution in [0, 0.1) is 5.92 Å². The highest BCUT2D eigenvalue weighted by molar-refractivity contribution is 5.41. The second kappa shape index (κ2) is 6.22. The maximum atomic E-state index is 5.60. The van der Waals surface area contributed by atoms with E-state index in [0.717, 1.165) is 24.4 Å². The summed E-state index contributed by atoms with van der Waals surface area (Å²) in [5.41, 5.74) is 6.31. The molecule has 5 nitrogen and oxygen atoms in total. The molecule has 5 heteroatoms. The third kappa shape index (κ3) is 4.28. The van der Waals surface area contributed by atoms with Gasteiger partial charge >= 0.3 is 0 Å². The lowest BCUT2D eigenvalue weighted by Gasteiger charge is -2.02. The summed E-state index contributed by atoms with van der Waals surface area (Å²) in [5, 5.41) is 3.93. The van der Waals surface area contributed by atoms with E-state index < -0.39 is 0 Å². The standard InChI is InChI=1S/C14H19N3O2/c1-10(2)3-8-13-16-14(19-17-13)9-18-12-6-4-11(15)5-7-12/h4-7,10H,3,8-9,15H2,1-2H3. The molecule has 0 saturated heterocycles. The summed E-state index contributed by atoms with van der Waals surface area (Å²) >= 11 is 0. The average Bonchev–Trinajstić information content (AvgIpc) is 2.84. The Morgan fingerprint density at radius 2 is 2.00 bits per heavy atom. The van der Waals surface area contributed by atoms with Gasteiger partial charge in [-0.05, 0) is 36.6 Å². The fraction of sp³-hybridized carbons (Fsp3) is 0.429. The van der Waals surface area contributed by atoms with Crippen molar-refractivity contribution in [2.45, 2.75) is 33.3 Å². The van der Waals surface area contributed by atoms with Crippen molar-refractivity contribution < 1.29 is 9.26 Å². The van der Waals surface area contributed by atoms with Crippen LogP contribution in [0.15, 0.2) is 28.8 Å². The Kier molecular flexibility index (Phi) is 4.39. The van der Waals surface area contributed by atoms with E-state index in [1.54, 1.807) is 12.1 Å². The minimum absolute atomic E-state index is 0.276. The maximum Gasteiger partial charge on any atom is 0.264 e. The van der Waals surface area contributed by atoms with E-state index in [1.165, 1.54) is 0 Å². The van der Waals surface area contributed by atoms with E-state index in [2.05, 4.69) is 24.0 Å². The van der Waals surface area contributed by atoms with Crippen LogP contribution in [-0.4, -0.2) is 10.1 Å². The highest BCUT2D eigenvalue weighted by atomic mass is 16.5. The largest absolute Gasteiger partial charge is 0.484 e. The van der Waals surface area contributed by atoms with Crippen molar-refractivity contribution >= 4 is 5.69 Å². The zero-order valence-electron chi connectivity index (χ0n) is 11.3. The lowest BCUT2D eigenvalue weighted by Crippen LogP contribution is -1.97. The lowest BCUT2D eigenvalue weighted by atomic mass is 10.1. The molecule has 2 N–H and O–H groups in total. The predicted octanol–water partition coefficient (Wildman–Crippen LogP) is 2.82. The van der Waals surface area contributed by atoms with Crippen molar-refractivity contribution in [3.8, 4) is 5.75 Å². The minimum Gasteiger partial charge on any atom is -0.484 e. The number of nitrogen functional groups attached to an aromatic ring is 1. The first-order chi connectivity index (χ1) is 9.13. The zero-order chi connectivity index (χ0) is 13.7. The molecular formula is C14H19N3O2. The van der Waals surface area contributed by atoms with Crippen LogP contribution in [0.5, 0.6) is 5.75 Å². The monoisotopic (exact) mass is 261 g/mol. The highest BCUT2D eigenvalue weighted by Crippen LogP contribution is 2.14. The van der Waals surface area contributed by atoms with Gasteiger partial charge in [-0.15, -0.1) is 0 Å². The topological polar surface area (TPSA) is 74.2 Å². The molecule has 0 amide bonds. The van der Waals surface area contributed by atoms with E-state index in [0.29, 0.717) is 17.5 Å². The van der Waals surface area contributed by atoms with Gasteiger partial charge in [0, 0.05) is 12.1 Å². The Morgan fingerprint density at radius 3 is 2.68 bits per heavy atom. The maximum absolute atomic E-state index is 5.60. The summed E-state index contributed by atoms with van der Waals surface area (Å²) < 4.78 is 10.7. The number of benzene rings is 1. The molecule has 1 heterocycles. The van der Waals surface area contributed by atoms with Crippen LogP contribution >= 0.6 is 0 Å². The van der Waals surface area contributed by atoms with Crippen LogP contribution in [0.2, 0.25) is 0 Å². The van der Waals surface area contributed by atoms with E-state index >= 15 is 0 Å². The molecule has 2 aromatic rings. The molecule has 1 aromatic carbocycles. The Labute approximate surface area is 112 Å². The molecule has 0 fully saturated rings. The van der Waals surface area contributed by atoms with Crippen LogP contribution < -0.4 is 10.5 Å². The molecule has 0 unspecified atom stereocenters. The van der Waals surface area contributed by atoms with Crippen molar-refractivity contribution in [1.29, 1.82) is 0 Å². The Bertz CT molecular complexity index is 506. The van der Waals surface area contributed by atoms with E-state index in [-0.39, 0.29) is 6.61 Å². The number of nitrogens with zero attached hydrogens (tertiary/aromatic N) is 2. The molecule has 0 atom stereocenters. The fourth-order valence-electron chi connectivity index (χ4n) is 1.58. The first kappa shape index (κ1) is 13.4. The SMILES string of the molecule is CC(C)CCc1noc(COc2ccc(N)cc2)n1. The normalized spacial score (nSPS) is 10.9. The van der Waals surface area contributed by atoms with Gasteiger partial charge in [0.25, 0.3) is 5.89 Å². The molecule has 0 radical (unpaired) electrons. The van der Waals surface area contributed by atoms with Crippen LogP contribution in [0.25, 0.3) is 0 Å². The van der Waals surface area contributed by atoms with Gasteiger partial charge in [0.1, 0.15) is 5.75 Å². The Morgan fingerprint density at radius 1 is 1.26 bits per heavy atom. The van der Waals surface area contributed by atoms with Gasteiger partial charge in [0.2, 0.25) is 0 Å². The molecule has 0 aliphatic rings. The van der Waals surface area contributed by atoms with Gasteiger partial charge in [0.05, 0.1) is 0 Å². The van der Waals surface area contributed by atoms with Crippen LogP contribution in [-0.2, 0) is 13.0 Å². The van der Waals surface area contributed by atoms with E-state index in [4.69, 9.17) is 15.0 Å². The van der Waals surface area contributed by atoms with Crippen LogP contribution in [0.1, 0.15) is 32.0 Å². The number of nitrogens with two attached hydrogens (primary N) is 1. The molecule has 2 rings (SSSR count). The van der Waals surface area contributed by atoms with Crippen LogP contribution in [0.3, 0.4) is 0 Å². The second-order valence-electron chi connectivity index (χ2n) is 4.89. The number of ether oxygens (including phenoxy) is 1. The average molecular weight is 261 g/mol. The van der Waals surface area contributed by atoms with Gasteiger partial charge in [0.15, 0.2) is 12.4 Å². The Balaban J connectivity index is 1.84. The van der Waals surface area contributed by atoms with Crippen LogP contribution in [0.4, 0.5) is 5.69 Å². The zero-order valence-corrected chi connectivity index (χ0v) is 11.3. The third-order valence-corrected chi connectivity index (χ3v) is 2.70. The molecule has 1 aromatic heterocycles. The van der Waals surface area contributed by atoms with Crippen molar-refractivity contribution in [3.05, 3.63) is 36.0 Å². The van der Waals surface area contributed by atoms with E-state index in [9.17, 15) is 0 Å². The summed E-state index contributed by atoms with van der Waals surface area (Å²) in [4.78, 5) is 4.29. The third-order valence-electron chi connectivity index (χ3n) is 2.70. The Hall–Kier alpha value is -2.04. The van der Waals surface area contributed by atoms with Gasteiger partial charge < -0.3 is 15.0 Å². The molecule has 0 bridgehead atoms. The predicted molar refractivity (Wildman–Crippen MR) is 72.6 cm³/mol. The molecule has 0 aliphatic carbocycles. The summed E-state index contributed by atoms with van der Waals surface area (Å²) in [6, 6.07) is 7.20. The van der Waals surface area contributed by atoms with Crippen molar-refractivity contribution in [2.24, 2.45) is 5.92 Å². The summed E-state index contributed by atoms with van der Waals surface area (Å²) in [5.74, 6) is 2.60. The van der Waals surface area contributed by atoms with Gasteiger partial charge in [-0.3, -0.25) is 0 Å². The quantitative estimate of drug-likeness (QED) is 0.809. The smallest absolute Gasteiger partial charge is 0.264 e. The van der Waals surface area contributed by atoms with Gasteiger partial charge in [-0.25, -0.2) is 0 Å². The molecule has 0 spiro atoms. The minimum atomic E-state index is 0.276. The van der Waals surface area contributed by atoms with E-state index in [1.807, 2.05) is 12.1 Å². The number of hydrogen-bond donors (Lipinski definition) is 1. The van der Waals surface area contributed by atoms with Gasteiger partial charge in [-0.1, -0.05) is 19.0 Å². The first-order valence-electron chi connectivity index (χ1n) is 6.43. The molecule has 19 heavy (non-hydrogen) atoms. The summed E-state index contributed by atoms with van der Waals surface area (Å²) in [7, 11) is 0. The van der Waals surface area contributed by atoms with Crippen molar-refractivity contribution in [1.82, 2.24) is 10.1 Å². The van der Waals surface area contributed by atoms with Crippen molar-refractivity contribution in [3.63, 3.8) is 0 Å². The number of anilines is 1. The molecule has 0 saturated carbocycles. The number of aromatic nitrogens is 2. The first-order valence-corrected chi connectivity index (χ1v) is 6.43. The number of hydrogen-bond acceptors (Lipinski definition) is 5. The fourth-order valence-corrected chi connectivity index (χ4v) is 1.58. The lowest BCUT2D eigenvalue weighted by molar-refractivity contribution is 0.242. The summed E-state index contributed by atoms with van der Waals surface area (Å²) in [6.07, 6.45) is 1.89. The number of aryl methyl sites for hydroxylation is 1. The van der Waals surface area contributed by atoms with Crippen molar-refractivity contribution in [2.75, 3.05) is 5.73 Å².